The van der Waals surface area contributed by atoms with E-state index in [1.54, 1.807) is 0 Å². The second-order valence-corrected chi connectivity index (χ2v) is 9.15. The highest BCUT2D eigenvalue weighted by Crippen LogP contribution is 2.63. The Hall–Kier alpha value is -0.600. The Kier molecular flexibility index (Phi) is 3.66. The Morgan fingerprint density at radius 1 is 1.18 bits per heavy atom. The van der Waals surface area contributed by atoms with E-state index in [0.717, 1.165) is 32.1 Å². The number of aliphatic hydroxyl groups is 2. The average Bonchev–Trinajstić information content (AvgIpc) is 2.42. The van der Waals surface area contributed by atoms with Crippen molar-refractivity contribution < 1.29 is 10.2 Å². The highest BCUT2D eigenvalue weighted by atomic mass is 16.3. The van der Waals surface area contributed by atoms with Crippen molar-refractivity contribution in [3.05, 3.63) is 24.3 Å². The van der Waals surface area contributed by atoms with Crippen molar-refractivity contribution in [1.29, 1.82) is 0 Å². The predicted molar refractivity (Wildman–Crippen MR) is 90.4 cm³/mol. The Morgan fingerprint density at radius 2 is 1.86 bits per heavy atom. The van der Waals surface area contributed by atoms with Crippen molar-refractivity contribution in [1.82, 2.24) is 0 Å². The van der Waals surface area contributed by atoms with E-state index in [1.807, 2.05) is 6.08 Å². The molecule has 0 aliphatic heterocycles. The summed E-state index contributed by atoms with van der Waals surface area (Å²) in [7, 11) is 0. The normalized spacial score (nSPS) is 50.5. The van der Waals surface area contributed by atoms with Gasteiger partial charge in [-0.05, 0) is 48.9 Å². The van der Waals surface area contributed by atoms with Crippen molar-refractivity contribution in [3.8, 4) is 0 Å². The number of hydrogen-bond donors (Lipinski definition) is 2. The fraction of sp³-hybridized carbons (Fsp3) is 0.800. The Labute approximate surface area is 135 Å². The molecule has 0 radical (unpaired) electrons. The molecule has 2 nitrogen and oxygen atoms in total. The summed E-state index contributed by atoms with van der Waals surface area (Å²) in [6, 6.07) is 0. The van der Waals surface area contributed by atoms with Crippen LogP contribution >= 0.6 is 0 Å². The van der Waals surface area contributed by atoms with Gasteiger partial charge in [0.25, 0.3) is 0 Å². The van der Waals surface area contributed by atoms with Gasteiger partial charge < -0.3 is 10.2 Å². The fourth-order valence-electron chi connectivity index (χ4n) is 6.08. The summed E-state index contributed by atoms with van der Waals surface area (Å²) in [5.41, 5.74) is 1.41. The summed E-state index contributed by atoms with van der Waals surface area (Å²) < 4.78 is 0. The molecule has 0 saturated heterocycles. The molecule has 0 heterocycles. The van der Waals surface area contributed by atoms with Crippen LogP contribution in [0.25, 0.3) is 0 Å². The van der Waals surface area contributed by atoms with E-state index in [-0.39, 0.29) is 34.4 Å². The molecule has 0 bridgehead atoms. The number of aliphatic hydroxyl groups excluding tert-OH is 2. The van der Waals surface area contributed by atoms with Crippen LogP contribution in [0.3, 0.4) is 0 Å². The lowest BCUT2D eigenvalue weighted by Crippen LogP contribution is -2.58. The van der Waals surface area contributed by atoms with Crippen LogP contribution in [-0.4, -0.2) is 22.4 Å². The van der Waals surface area contributed by atoms with Gasteiger partial charge in [-0.1, -0.05) is 45.4 Å². The zero-order chi connectivity index (χ0) is 16.3. The molecule has 22 heavy (non-hydrogen) atoms. The van der Waals surface area contributed by atoms with Crippen LogP contribution < -0.4 is 0 Å². The summed E-state index contributed by atoms with van der Waals surface area (Å²) in [5, 5.41) is 21.4. The predicted octanol–water partition coefficient (Wildman–Crippen LogP) is 4.08. The summed E-state index contributed by atoms with van der Waals surface area (Å²) in [6.07, 6.45) is 8.71. The van der Waals surface area contributed by atoms with Gasteiger partial charge in [-0.15, -0.1) is 6.58 Å². The molecule has 0 aromatic heterocycles. The topological polar surface area (TPSA) is 40.5 Å². The van der Waals surface area contributed by atoms with Crippen molar-refractivity contribution in [2.45, 2.75) is 72.0 Å². The van der Waals surface area contributed by atoms with Gasteiger partial charge in [0.15, 0.2) is 0 Å². The smallest absolute Gasteiger partial charge is 0.0622 e. The monoisotopic (exact) mass is 304 g/mol. The van der Waals surface area contributed by atoms with Gasteiger partial charge in [0, 0.05) is 11.3 Å². The van der Waals surface area contributed by atoms with Gasteiger partial charge in [-0.2, -0.15) is 0 Å². The molecule has 3 aliphatic carbocycles. The molecule has 0 aromatic rings. The molecule has 124 valence electrons. The molecule has 3 aliphatic rings. The molecule has 6 atom stereocenters. The zero-order valence-electron chi connectivity index (χ0n) is 14.6. The lowest BCUT2D eigenvalue weighted by Gasteiger charge is -2.61. The Bertz CT molecular complexity index is 506. The van der Waals surface area contributed by atoms with Gasteiger partial charge in [0.2, 0.25) is 0 Å². The SMILES string of the molecule is C=CC1(C)C=C2CCC3C(C)(C)C(O)CCC3(C)C2C(O)C1. The van der Waals surface area contributed by atoms with Crippen LogP contribution in [0.15, 0.2) is 24.3 Å². The van der Waals surface area contributed by atoms with E-state index in [4.69, 9.17) is 0 Å². The molecular formula is C20H32O2. The molecule has 2 fully saturated rings. The molecule has 0 spiro atoms. The van der Waals surface area contributed by atoms with E-state index in [0.29, 0.717) is 5.92 Å². The van der Waals surface area contributed by atoms with Crippen molar-refractivity contribution >= 4 is 0 Å². The fourth-order valence-corrected chi connectivity index (χ4v) is 6.08. The molecule has 2 heteroatoms. The lowest BCUT2D eigenvalue weighted by molar-refractivity contribution is -0.146. The maximum Gasteiger partial charge on any atom is 0.0622 e. The first-order valence-electron chi connectivity index (χ1n) is 8.85. The maximum absolute atomic E-state index is 11.0. The van der Waals surface area contributed by atoms with Gasteiger partial charge in [-0.3, -0.25) is 0 Å². The van der Waals surface area contributed by atoms with Gasteiger partial charge >= 0.3 is 0 Å². The van der Waals surface area contributed by atoms with E-state index < -0.39 is 0 Å². The van der Waals surface area contributed by atoms with Crippen LogP contribution in [0.4, 0.5) is 0 Å². The first-order chi connectivity index (χ1) is 10.1. The van der Waals surface area contributed by atoms with Crippen LogP contribution in [0.1, 0.15) is 59.8 Å². The molecule has 0 amide bonds. The van der Waals surface area contributed by atoms with Crippen molar-refractivity contribution in [2.75, 3.05) is 0 Å². The van der Waals surface area contributed by atoms with E-state index >= 15 is 0 Å². The summed E-state index contributed by atoms with van der Waals surface area (Å²) in [6.45, 7) is 13.0. The lowest BCUT2D eigenvalue weighted by atomic mass is 9.44. The average molecular weight is 304 g/mol. The summed E-state index contributed by atoms with van der Waals surface area (Å²) in [5.74, 6) is 0.736. The molecule has 2 saturated carbocycles. The van der Waals surface area contributed by atoms with Gasteiger partial charge in [0.05, 0.1) is 12.2 Å². The molecular weight excluding hydrogens is 272 g/mol. The van der Waals surface area contributed by atoms with Gasteiger partial charge in [-0.25, -0.2) is 0 Å². The number of hydrogen-bond acceptors (Lipinski definition) is 2. The number of rotatable bonds is 1. The van der Waals surface area contributed by atoms with Crippen LogP contribution in [0, 0.1) is 28.1 Å². The molecule has 0 aromatic carbocycles. The zero-order valence-corrected chi connectivity index (χ0v) is 14.6. The standard InChI is InChI=1S/C20H32O2/c1-6-19(4)11-13-7-8-15-18(2,3)16(22)9-10-20(15,5)17(13)14(21)12-19/h6,11,14-17,21-22H,1,7-10,12H2,2-5H3. The van der Waals surface area contributed by atoms with E-state index in [1.165, 1.54) is 5.57 Å². The second-order valence-electron chi connectivity index (χ2n) is 9.15. The second kappa shape index (κ2) is 4.95. The highest BCUT2D eigenvalue weighted by Gasteiger charge is 2.58. The van der Waals surface area contributed by atoms with E-state index in [2.05, 4.69) is 40.3 Å². The minimum absolute atomic E-state index is 0.0581. The van der Waals surface area contributed by atoms with Crippen molar-refractivity contribution in [3.63, 3.8) is 0 Å². The minimum Gasteiger partial charge on any atom is -0.393 e. The summed E-state index contributed by atoms with van der Waals surface area (Å²) >= 11 is 0. The minimum atomic E-state index is -0.290. The van der Waals surface area contributed by atoms with Crippen LogP contribution in [0.2, 0.25) is 0 Å². The van der Waals surface area contributed by atoms with Crippen molar-refractivity contribution in [2.24, 2.45) is 28.1 Å². The van der Waals surface area contributed by atoms with E-state index in [9.17, 15) is 10.2 Å². The van der Waals surface area contributed by atoms with Crippen LogP contribution in [-0.2, 0) is 0 Å². The molecule has 6 unspecified atom stereocenters. The first kappa shape index (κ1) is 16.3. The third kappa shape index (κ3) is 2.14. The quantitative estimate of drug-likeness (QED) is 0.717. The Balaban J connectivity index is 2.03. The Morgan fingerprint density at radius 3 is 2.50 bits per heavy atom. The first-order valence-corrected chi connectivity index (χ1v) is 8.85. The third-order valence-corrected chi connectivity index (χ3v) is 7.36. The molecule has 2 N–H and O–H groups in total. The molecule has 3 rings (SSSR count). The maximum atomic E-state index is 11.0. The van der Waals surface area contributed by atoms with Gasteiger partial charge in [0.1, 0.15) is 0 Å². The number of allylic oxidation sites excluding steroid dienone is 2. The summed E-state index contributed by atoms with van der Waals surface area (Å²) in [4.78, 5) is 0. The highest BCUT2D eigenvalue weighted by molar-refractivity contribution is 5.28. The van der Waals surface area contributed by atoms with Crippen LogP contribution in [0.5, 0.6) is 0 Å². The number of fused-ring (bicyclic) bond motifs is 3. The third-order valence-electron chi connectivity index (χ3n) is 7.36. The largest absolute Gasteiger partial charge is 0.393 e.